The molecule has 1 atom stereocenters. The number of carbonyl (C=O) groups is 2. The highest BCUT2D eigenvalue weighted by atomic mass is 19.1. The standard InChI is InChI=1S/C24H21FN2O4/c25-20-13-7-8-14-21(20)31-16-19(28)15-27-22(29)24(26-23(27)30,17-9-3-1-4-10-17)18-11-5-2-6-12-18/h1-14,19,28H,15-16H2,(H,26,30). The first-order chi connectivity index (χ1) is 15.0. The Bertz CT molecular complexity index is 1040. The van der Waals surface area contributed by atoms with Crippen molar-refractivity contribution in [2.45, 2.75) is 11.6 Å². The number of hydrogen-bond acceptors (Lipinski definition) is 4. The van der Waals surface area contributed by atoms with E-state index in [1.165, 1.54) is 18.2 Å². The summed E-state index contributed by atoms with van der Waals surface area (Å²) in [4.78, 5) is 27.3. The van der Waals surface area contributed by atoms with Gasteiger partial charge in [0.05, 0.1) is 6.54 Å². The average molecular weight is 420 g/mol. The van der Waals surface area contributed by atoms with Gasteiger partial charge in [0.2, 0.25) is 0 Å². The van der Waals surface area contributed by atoms with Crippen molar-refractivity contribution in [1.29, 1.82) is 0 Å². The third-order valence-electron chi connectivity index (χ3n) is 5.18. The van der Waals surface area contributed by atoms with E-state index in [-0.39, 0.29) is 18.9 Å². The minimum absolute atomic E-state index is 0.0123. The van der Waals surface area contributed by atoms with Crippen LogP contribution in [0, 0.1) is 5.82 Å². The van der Waals surface area contributed by atoms with Gasteiger partial charge in [0.15, 0.2) is 17.1 Å². The molecule has 3 aromatic carbocycles. The fraction of sp³-hybridized carbons (Fsp3) is 0.167. The van der Waals surface area contributed by atoms with Gasteiger partial charge >= 0.3 is 6.03 Å². The summed E-state index contributed by atoms with van der Waals surface area (Å²) < 4.78 is 19.0. The van der Waals surface area contributed by atoms with E-state index in [0.29, 0.717) is 11.1 Å². The first kappa shape index (κ1) is 20.6. The molecular formula is C24H21FN2O4. The summed E-state index contributed by atoms with van der Waals surface area (Å²) in [6.07, 6.45) is -1.20. The molecule has 158 valence electrons. The van der Waals surface area contributed by atoms with Crippen molar-refractivity contribution in [3.8, 4) is 5.75 Å². The lowest BCUT2D eigenvalue weighted by atomic mass is 9.82. The van der Waals surface area contributed by atoms with Crippen LogP contribution in [0.25, 0.3) is 0 Å². The molecule has 1 aliphatic heterocycles. The number of nitrogens with one attached hydrogen (secondary N) is 1. The number of rotatable bonds is 7. The second-order valence-electron chi connectivity index (χ2n) is 7.22. The number of aliphatic hydroxyl groups excluding tert-OH is 1. The third kappa shape index (κ3) is 3.87. The van der Waals surface area contributed by atoms with Crippen LogP contribution in [0.5, 0.6) is 5.75 Å². The maximum Gasteiger partial charge on any atom is 0.325 e. The van der Waals surface area contributed by atoms with Crippen LogP contribution in [-0.2, 0) is 10.3 Å². The Balaban J connectivity index is 1.57. The molecule has 1 saturated heterocycles. The normalized spacial score (nSPS) is 16.1. The monoisotopic (exact) mass is 420 g/mol. The predicted octanol–water partition coefficient (Wildman–Crippen LogP) is 3.06. The molecule has 1 fully saturated rings. The van der Waals surface area contributed by atoms with Gasteiger partial charge in [-0.25, -0.2) is 9.18 Å². The number of ether oxygens (including phenoxy) is 1. The highest BCUT2D eigenvalue weighted by Gasteiger charge is 2.53. The van der Waals surface area contributed by atoms with Crippen LogP contribution in [0.1, 0.15) is 11.1 Å². The molecule has 0 aliphatic carbocycles. The van der Waals surface area contributed by atoms with Crippen LogP contribution in [0.2, 0.25) is 0 Å². The third-order valence-corrected chi connectivity index (χ3v) is 5.18. The van der Waals surface area contributed by atoms with Crippen LogP contribution in [-0.4, -0.2) is 41.2 Å². The molecule has 4 rings (SSSR count). The van der Waals surface area contributed by atoms with Gasteiger partial charge in [0.1, 0.15) is 12.7 Å². The lowest BCUT2D eigenvalue weighted by Gasteiger charge is -2.28. The highest BCUT2D eigenvalue weighted by molar-refractivity contribution is 6.09. The van der Waals surface area contributed by atoms with Gasteiger partial charge in [0, 0.05) is 0 Å². The largest absolute Gasteiger partial charge is 0.488 e. The zero-order chi connectivity index (χ0) is 21.8. The Kier molecular flexibility index (Phi) is 5.68. The predicted molar refractivity (Wildman–Crippen MR) is 112 cm³/mol. The SMILES string of the molecule is O=C1NC(c2ccccc2)(c2ccccc2)C(=O)N1CC(O)COc1ccccc1F. The van der Waals surface area contributed by atoms with E-state index in [4.69, 9.17) is 4.74 Å². The number of urea groups is 1. The quantitative estimate of drug-likeness (QED) is 0.576. The highest BCUT2D eigenvalue weighted by Crippen LogP contribution is 2.36. The number of imide groups is 1. The van der Waals surface area contributed by atoms with E-state index in [2.05, 4.69) is 5.32 Å². The van der Waals surface area contributed by atoms with Gasteiger partial charge in [0.25, 0.3) is 5.91 Å². The molecule has 0 radical (unpaired) electrons. The van der Waals surface area contributed by atoms with Crippen LogP contribution in [0.15, 0.2) is 84.9 Å². The Morgan fingerprint density at radius 2 is 1.45 bits per heavy atom. The van der Waals surface area contributed by atoms with Crippen molar-refractivity contribution in [2.75, 3.05) is 13.2 Å². The Hall–Kier alpha value is -3.71. The van der Waals surface area contributed by atoms with Crippen molar-refractivity contribution < 1.29 is 23.8 Å². The van der Waals surface area contributed by atoms with Gasteiger partial charge in [-0.3, -0.25) is 9.69 Å². The number of aliphatic hydroxyl groups is 1. The molecule has 7 heteroatoms. The number of halogens is 1. The van der Waals surface area contributed by atoms with E-state index in [0.717, 1.165) is 4.90 Å². The summed E-state index contributed by atoms with van der Waals surface area (Å²) in [6.45, 7) is -0.567. The number of para-hydroxylation sites is 1. The first-order valence-electron chi connectivity index (χ1n) is 9.83. The summed E-state index contributed by atoms with van der Waals surface area (Å²) in [5.41, 5.74) is -0.176. The number of nitrogens with zero attached hydrogens (tertiary/aromatic N) is 1. The van der Waals surface area contributed by atoms with Crippen LogP contribution in [0.3, 0.4) is 0 Å². The lowest BCUT2D eigenvalue weighted by Crippen LogP contribution is -2.46. The Morgan fingerprint density at radius 3 is 2.03 bits per heavy atom. The van der Waals surface area contributed by atoms with E-state index in [1.54, 1.807) is 54.6 Å². The summed E-state index contributed by atoms with van der Waals surface area (Å²) in [5, 5.41) is 13.2. The Labute approximate surface area is 178 Å². The van der Waals surface area contributed by atoms with Crippen molar-refractivity contribution >= 4 is 11.9 Å². The zero-order valence-corrected chi connectivity index (χ0v) is 16.6. The van der Waals surface area contributed by atoms with Crippen molar-refractivity contribution in [3.05, 3.63) is 102 Å². The topological polar surface area (TPSA) is 78.9 Å². The van der Waals surface area contributed by atoms with Gasteiger partial charge in [-0.1, -0.05) is 72.8 Å². The van der Waals surface area contributed by atoms with Crippen LogP contribution in [0.4, 0.5) is 9.18 Å². The minimum atomic E-state index is -1.40. The number of amides is 3. The number of hydrogen-bond donors (Lipinski definition) is 2. The average Bonchev–Trinajstić information content (AvgIpc) is 3.05. The Morgan fingerprint density at radius 1 is 0.903 bits per heavy atom. The molecule has 3 aromatic rings. The molecule has 1 unspecified atom stereocenters. The number of carbonyl (C=O) groups excluding carboxylic acids is 2. The number of benzene rings is 3. The maximum absolute atomic E-state index is 13.7. The second-order valence-corrected chi connectivity index (χ2v) is 7.22. The van der Waals surface area contributed by atoms with Gasteiger partial charge in [-0.2, -0.15) is 0 Å². The van der Waals surface area contributed by atoms with Crippen LogP contribution < -0.4 is 10.1 Å². The molecule has 0 spiro atoms. The molecule has 3 amide bonds. The van der Waals surface area contributed by atoms with E-state index >= 15 is 0 Å². The molecule has 0 saturated carbocycles. The summed E-state index contributed by atoms with van der Waals surface area (Å²) in [7, 11) is 0. The van der Waals surface area contributed by atoms with E-state index in [9.17, 15) is 19.1 Å². The van der Waals surface area contributed by atoms with Gasteiger partial charge in [-0.15, -0.1) is 0 Å². The van der Waals surface area contributed by atoms with E-state index in [1.807, 2.05) is 12.1 Å². The summed E-state index contributed by atoms with van der Waals surface area (Å²) >= 11 is 0. The van der Waals surface area contributed by atoms with Crippen LogP contribution >= 0.6 is 0 Å². The fourth-order valence-corrected chi connectivity index (χ4v) is 3.69. The van der Waals surface area contributed by atoms with Crippen molar-refractivity contribution in [3.63, 3.8) is 0 Å². The maximum atomic E-state index is 13.7. The molecule has 6 nitrogen and oxygen atoms in total. The fourth-order valence-electron chi connectivity index (χ4n) is 3.69. The molecule has 0 aromatic heterocycles. The smallest absolute Gasteiger partial charge is 0.325 e. The van der Waals surface area contributed by atoms with Gasteiger partial charge in [-0.05, 0) is 23.3 Å². The van der Waals surface area contributed by atoms with E-state index < -0.39 is 29.4 Å². The molecule has 2 N–H and O–H groups in total. The lowest BCUT2D eigenvalue weighted by molar-refractivity contribution is -0.131. The molecular weight excluding hydrogens is 399 g/mol. The van der Waals surface area contributed by atoms with Crippen molar-refractivity contribution in [1.82, 2.24) is 10.2 Å². The molecule has 1 heterocycles. The second kappa shape index (κ2) is 8.57. The van der Waals surface area contributed by atoms with Crippen molar-refractivity contribution in [2.24, 2.45) is 0 Å². The zero-order valence-electron chi connectivity index (χ0n) is 16.6. The molecule has 1 aliphatic rings. The molecule has 0 bridgehead atoms. The minimum Gasteiger partial charge on any atom is -0.488 e. The summed E-state index contributed by atoms with van der Waals surface area (Å²) in [5.74, 6) is -1.07. The van der Waals surface area contributed by atoms with Gasteiger partial charge < -0.3 is 15.2 Å². The molecule has 31 heavy (non-hydrogen) atoms. The first-order valence-corrected chi connectivity index (χ1v) is 9.83. The number of β-amino-alcohol motifs (C(OH)–C–C–N with tert-alkyl or cyclic N) is 1. The summed E-state index contributed by atoms with van der Waals surface area (Å²) in [6, 6.07) is 23.1.